The Balaban J connectivity index is 2.01. The zero-order valence-corrected chi connectivity index (χ0v) is 16.4. The van der Waals surface area contributed by atoms with Crippen LogP contribution in [0.1, 0.15) is 24.9 Å². The SMILES string of the molecule is CCC(NC(=O)COc1ccc(Cl)cc1Cl)c1ccc(OC)c(OC)c1. The van der Waals surface area contributed by atoms with E-state index >= 15 is 0 Å². The lowest BCUT2D eigenvalue weighted by Gasteiger charge is -2.19. The molecule has 0 aliphatic carbocycles. The Morgan fingerprint density at radius 3 is 2.35 bits per heavy atom. The first-order valence-corrected chi connectivity index (χ1v) is 8.83. The van der Waals surface area contributed by atoms with E-state index in [9.17, 15) is 4.79 Å². The summed E-state index contributed by atoms with van der Waals surface area (Å²) in [5.41, 5.74) is 0.919. The molecule has 5 nitrogen and oxygen atoms in total. The van der Waals surface area contributed by atoms with Crippen LogP contribution < -0.4 is 19.5 Å². The first-order chi connectivity index (χ1) is 12.5. The lowest BCUT2D eigenvalue weighted by molar-refractivity contribution is -0.123. The normalized spacial score (nSPS) is 11.6. The molecule has 1 unspecified atom stereocenters. The minimum absolute atomic E-state index is 0.148. The van der Waals surface area contributed by atoms with Crippen molar-refractivity contribution in [2.24, 2.45) is 0 Å². The molecule has 2 aromatic carbocycles. The molecule has 2 aromatic rings. The summed E-state index contributed by atoms with van der Waals surface area (Å²) < 4.78 is 16.0. The molecule has 0 aromatic heterocycles. The lowest BCUT2D eigenvalue weighted by Crippen LogP contribution is -2.32. The van der Waals surface area contributed by atoms with E-state index in [-0.39, 0.29) is 18.6 Å². The fourth-order valence-corrected chi connectivity index (χ4v) is 2.93. The van der Waals surface area contributed by atoms with Crippen LogP contribution in [-0.2, 0) is 4.79 Å². The van der Waals surface area contributed by atoms with E-state index in [1.54, 1.807) is 32.4 Å². The highest BCUT2D eigenvalue weighted by Crippen LogP contribution is 2.31. The van der Waals surface area contributed by atoms with Gasteiger partial charge in [-0.25, -0.2) is 0 Å². The molecule has 0 radical (unpaired) electrons. The van der Waals surface area contributed by atoms with Crippen molar-refractivity contribution in [2.75, 3.05) is 20.8 Å². The van der Waals surface area contributed by atoms with E-state index < -0.39 is 0 Å². The number of benzene rings is 2. The number of rotatable bonds is 8. The number of amides is 1. The standard InChI is InChI=1S/C19H21Cl2NO4/c1-4-15(12-5-7-17(24-2)18(9-12)25-3)22-19(23)11-26-16-8-6-13(20)10-14(16)21/h5-10,15H,4,11H2,1-3H3,(H,22,23). The fraction of sp³-hybridized carbons (Fsp3) is 0.316. The summed E-state index contributed by atoms with van der Waals surface area (Å²) in [6.45, 7) is 1.84. The highest BCUT2D eigenvalue weighted by molar-refractivity contribution is 6.35. The number of hydrogen-bond donors (Lipinski definition) is 1. The van der Waals surface area contributed by atoms with Crippen LogP contribution in [0.15, 0.2) is 36.4 Å². The molecule has 1 atom stereocenters. The summed E-state index contributed by atoms with van der Waals surface area (Å²) >= 11 is 11.9. The van der Waals surface area contributed by atoms with Crippen LogP contribution in [0.4, 0.5) is 0 Å². The van der Waals surface area contributed by atoms with E-state index in [0.29, 0.717) is 33.7 Å². The van der Waals surface area contributed by atoms with Gasteiger partial charge in [-0.3, -0.25) is 4.79 Å². The summed E-state index contributed by atoms with van der Waals surface area (Å²) in [6.07, 6.45) is 0.711. The van der Waals surface area contributed by atoms with E-state index in [2.05, 4.69) is 5.32 Å². The van der Waals surface area contributed by atoms with Gasteiger partial charge in [-0.2, -0.15) is 0 Å². The average molecular weight is 398 g/mol. The Labute approximate surface area is 163 Å². The first-order valence-electron chi connectivity index (χ1n) is 8.07. The van der Waals surface area contributed by atoms with Crippen molar-refractivity contribution in [3.05, 3.63) is 52.0 Å². The van der Waals surface area contributed by atoms with Crippen molar-refractivity contribution in [2.45, 2.75) is 19.4 Å². The summed E-state index contributed by atoms with van der Waals surface area (Å²) in [6, 6.07) is 10.2. The van der Waals surface area contributed by atoms with Crippen LogP contribution in [-0.4, -0.2) is 26.7 Å². The van der Waals surface area contributed by atoms with Gasteiger partial charge in [-0.1, -0.05) is 36.2 Å². The number of halogens is 2. The third-order valence-corrected chi connectivity index (χ3v) is 4.34. The van der Waals surface area contributed by atoms with E-state index in [4.69, 9.17) is 37.4 Å². The maximum atomic E-state index is 12.3. The van der Waals surface area contributed by atoms with Gasteiger partial charge < -0.3 is 19.5 Å². The van der Waals surface area contributed by atoms with Gasteiger partial charge in [0.1, 0.15) is 5.75 Å². The molecular formula is C19H21Cl2NO4. The smallest absolute Gasteiger partial charge is 0.258 e. The molecule has 0 saturated carbocycles. The number of carbonyl (C=O) groups is 1. The largest absolute Gasteiger partial charge is 0.493 e. The molecule has 0 aliphatic rings. The quantitative estimate of drug-likeness (QED) is 0.703. The number of ether oxygens (including phenoxy) is 3. The van der Waals surface area contributed by atoms with Crippen molar-refractivity contribution < 1.29 is 19.0 Å². The van der Waals surface area contributed by atoms with E-state index in [1.165, 1.54) is 0 Å². The van der Waals surface area contributed by atoms with Crippen molar-refractivity contribution in [3.63, 3.8) is 0 Å². The molecule has 0 spiro atoms. The monoisotopic (exact) mass is 397 g/mol. The summed E-state index contributed by atoms with van der Waals surface area (Å²) in [5, 5.41) is 3.81. The maximum Gasteiger partial charge on any atom is 0.258 e. The number of carbonyl (C=O) groups excluding carboxylic acids is 1. The molecule has 0 saturated heterocycles. The first kappa shape index (κ1) is 20.2. The predicted octanol–water partition coefficient (Wildman–Crippen LogP) is 4.66. The van der Waals surface area contributed by atoms with Crippen LogP contribution in [0.3, 0.4) is 0 Å². The van der Waals surface area contributed by atoms with Gasteiger partial charge in [-0.15, -0.1) is 0 Å². The molecule has 0 bridgehead atoms. The molecule has 140 valence electrons. The van der Waals surface area contributed by atoms with Crippen LogP contribution >= 0.6 is 23.2 Å². The predicted molar refractivity (Wildman–Crippen MR) is 103 cm³/mol. The molecule has 0 fully saturated rings. The fourth-order valence-electron chi connectivity index (χ4n) is 2.46. The van der Waals surface area contributed by atoms with Crippen molar-refractivity contribution in [3.8, 4) is 17.2 Å². The summed E-state index contributed by atoms with van der Waals surface area (Å²) in [5.74, 6) is 1.41. The van der Waals surface area contributed by atoms with Crippen LogP contribution in [0, 0.1) is 0 Å². The second kappa shape index (κ2) is 9.55. The Morgan fingerprint density at radius 2 is 1.73 bits per heavy atom. The molecule has 1 N–H and O–H groups in total. The van der Waals surface area contributed by atoms with E-state index in [1.807, 2.05) is 25.1 Å². The number of hydrogen-bond acceptors (Lipinski definition) is 4. The molecule has 2 rings (SSSR count). The van der Waals surface area contributed by atoms with Gasteiger partial charge >= 0.3 is 0 Å². The third kappa shape index (κ3) is 5.19. The van der Waals surface area contributed by atoms with Crippen molar-refractivity contribution >= 4 is 29.1 Å². The molecule has 0 aliphatic heterocycles. The highest BCUT2D eigenvalue weighted by Gasteiger charge is 2.16. The van der Waals surface area contributed by atoms with E-state index in [0.717, 1.165) is 5.56 Å². The summed E-state index contributed by atoms with van der Waals surface area (Å²) in [7, 11) is 3.15. The van der Waals surface area contributed by atoms with Crippen LogP contribution in [0.5, 0.6) is 17.2 Å². The van der Waals surface area contributed by atoms with Crippen LogP contribution in [0.25, 0.3) is 0 Å². The molecule has 7 heteroatoms. The maximum absolute atomic E-state index is 12.3. The second-order valence-electron chi connectivity index (χ2n) is 5.51. The van der Waals surface area contributed by atoms with Gasteiger partial charge in [0.2, 0.25) is 0 Å². The minimum atomic E-state index is -0.252. The number of nitrogens with one attached hydrogen (secondary N) is 1. The zero-order chi connectivity index (χ0) is 19.1. The van der Waals surface area contributed by atoms with Crippen LogP contribution in [0.2, 0.25) is 10.0 Å². The minimum Gasteiger partial charge on any atom is -0.493 e. The highest BCUT2D eigenvalue weighted by atomic mass is 35.5. The Kier molecular flexibility index (Phi) is 7.42. The van der Waals surface area contributed by atoms with Gasteiger partial charge in [0, 0.05) is 5.02 Å². The second-order valence-corrected chi connectivity index (χ2v) is 6.35. The van der Waals surface area contributed by atoms with Gasteiger partial charge in [0.25, 0.3) is 5.91 Å². The van der Waals surface area contributed by atoms with Gasteiger partial charge in [0.05, 0.1) is 25.3 Å². The topological polar surface area (TPSA) is 56.8 Å². The average Bonchev–Trinajstić information content (AvgIpc) is 2.64. The summed E-state index contributed by atoms with van der Waals surface area (Å²) in [4.78, 5) is 12.3. The Morgan fingerprint density at radius 1 is 1.04 bits per heavy atom. The Hall–Kier alpha value is -2.11. The van der Waals surface area contributed by atoms with Crippen molar-refractivity contribution in [1.29, 1.82) is 0 Å². The third-order valence-electron chi connectivity index (χ3n) is 3.81. The molecule has 1 amide bonds. The van der Waals surface area contributed by atoms with Crippen molar-refractivity contribution in [1.82, 2.24) is 5.32 Å². The van der Waals surface area contributed by atoms with Gasteiger partial charge in [-0.05, 0) is 42.3 Å². The molecular weight excluding hydrogens is 377 g/mol. The zero-order valence-electron chi connectivity index (χ0n) is 14.8. The number of methoxy groups -OCH3 is 2. The van der Waals surface area contributed by atoms with Gasteiger partial charge in [0.15, 0.2) is 18.1 Å². The lowest BCUT2D eigenvalue weighted by atomic mass is 10.0. The molecule has 0 heterocycles. The Bertz CT molecular complexity index is 767. The molecule has 26 heavy (non-hydrogen) atoms.